The normalized spacial score (nSPS) is 11.6. The minimum absolute atomic E-state index is 0.125. The molecule has 0 spiro atoms. The third-order valence-corrected chi connectivity index (χ3v) is 6.82. The van der Waals surface area contributed by atoms with Crippen LogP contribution in [0.3, 0.4) is 0 Å². The third kappa shape index (κ3) is 6.11. The number of alkyl halides is 3. The van der Waals surface area contributed by atoms with Crippen LogP contribution >= 0.6 is 11.6 Å². The van der Waals surface area contributed by atoms with Gasteiger partial charge in [0.2, 0.25) is 5.91 Å². The first-order chi connectivity index (χ1) is 16.4. The molecule has 0 saturated heterocycles. The maximum atomic E-state index is 13.4. The number of ether oxygens (including phenoxy) is 1. The SMILES string of the molecule is COC(=O)c1cccc(NC(=O)CN(c2cc(C(F)(F)F)ccc2Cl)S(=O)(=O)c2ccccc2)c1. The van der Waals surface area contributed by atoms with Gasteiger partial charge in [0, 0.05) is 5.69 Å². The van der Waals surface area contributed by atoms with Gasteiger partial charge in [-0.05, 0) is 48.5 Å². The minimum Gasteiger partial charge on any atom is -0.465 e. The van der Waals surface area contributed by atoms with Gasteiger partial charge in [0.25, 0.3) is 10.0 Å². The second-order valence-electron chi connectivity index (χ2n) is 7.11. The summed E-state index contributed by atoms with van der Waals surface area (Å²) in [5, 5.41) is 2.12. The Bertz CT molecular complexity index is 1350. The zero-order valence-corrected chi connectivity index (χ0v) is 19.6. The number of methoxy groups -OCH3 is 1. The highest BCUT2D eigenvalue weighted by atomic mass is 35.5. The van der Waals surface area contributed by atoms with Gasteiger partial charge in [0.05, 0.1) is 33.8 Å². The molecule has 0 atom stereocenters. The quantitative estimate of drug-likeness (QED) is 0.438. The summed E-state index contributed by atoms with van der Waals surface area (Å²) in [6.45, 7) is -0.902. The lowest BCUT2D eigenvalue weighted by molar-refractivity contribution is -0.137. The lowest BCUT2D eigenvalue weighted by Crippen LogP contribution is -2.38. The zero-order chi connectivity index (χ0) is 25.8. The number of carbonyl (C=O) groups is 2. The molecular formula is C23H18ClF3N2O5S. The molecule has 12 heteroatoms. The van der Waals surface area contributed by atoms with Gasteiger partial charge in [-0.3, -0.25) is 9.10 Å². The van der Waals surface area contributed by atoms with E-state index in [4.69, 9.17) is 11.6 Å². The van der Waals surface area contributed by atoms with Crippen molar-refractivity contribution in [3.63, 3.8) is 0 Å². The number of halogens is 4. The Morgan fingerprint density at radius 2 is 1.69 bits per heavy atom. The fraction of sp³-hybridized carbons (Fsp3) is 0.130. The monoisotopic (exact) mass is 526 g/mol. The van der Waals surface area contributed by atoms with Crippen molar-refractivity contribution in [3.05, 3.63) is 88.9 Å². The van der Waals surface area contributed by atoms with Gasteiger partial charge >= 0.3 is 12.1 Å². The molecule has 0 fully saturated rings. The highest BCUT2D eigenvalue weighted by Crippen LogP contribution is 2.37. The predicted molar refractivity (Wildman–Crippen MR) is 124 cm³/mol. The first-order valence-corrected chi connectivity index (χ1v) is 11.7. The molecule has 0 heterocycles. The van der Waals surface area contributed by atoms with Crippen molar-refractivity contribution >= 4 is 44.9 Å². The summed E-state index contributed by atoms with van der Waals surface area (Å²) in [4.78, 5) is 24.3. The van der Waals surface area contributed by atoms with Crippen LogP contribution in [0.2, 0.25) is 5.02 Å². The molecule has 7 nitrogen and oxygen atoms in total. The second kappa shape index (κ2) is 10.4. The second-order valence-corrected chi connectivity index (χ2v) is 9.38. The highest BCUT2D eigenvalue weighted by Gasteiger charge is 2.34. The Morgan fingerprint density at radius 1 is 1.00 bits per heavy atom. The summed E-state index contributed by atoms with van der Waals surface area (Å²) in [5.41, 5.74) is -1.40. The molecule has 0 aliphatic rings. The summed E-state index contributed by atoms with van der Waals surface area (Å²) in [5.74, 6) is -1.55. The number of nitrogens with one attached hydrogen (secondary N) is 1. The molecule has 1 N–H and O–H groups in total. The first kappa shape index (κ1) is 26.0. The van der Waals surface area contributed by atoms with Crippen LogP contribution in [0.25, 0.3) is 0 Å². The molecule has 35 heavy (non-hydrogen) atoms. The third-order valence-electron chi connectivity index (χ3n) is 4.73. The summed E-state index contributed by atoms with van der Waals surface area (Å²) >= 11 is 6.09. The minimum atomic E-state index is -4.78. The number of anilines is 2. The standard InChI is InChI=1S/C23H18ClF3N2O5S/c1-34-22(31)15-6-5-7-17(12-15)28-21(30)14-29(35(32,33)18-8-3-2-4-9-18)20-13-16(23(25,26)27)10-11-19(20)24/h2-13H,14H2,1H3,(H,28,30). The number of hydrogen-bond donors (Lipinski definition) is 1. The summed E-state index contributed by atoms with van der Waals surface area (Å²) in [6.07, 6.45) is -4.78. The molecule has 184 valence electrons. The molecule has 0 aliphatic heterocycles. The van der Waals surface area contributed by atoms with Gasteiger partial charge in [-0.25, -0.2) is 13.2 Å². The fourth-order valence-corrected chi connectivity index (χ4v) is 4.79. The summed E-state index contributed by atoms with van der Waals surface area (Å²) < 4.78 is 71.9. The number of nitrogens with zero attached hydrogens (tertiary/aromatic N) is 1. The number of amides is 1. The Labute approximate surface area is 204 Å². The lowest BCUT2D eigenvalue weighted by atomic mass is 10.2. The van der Waals surface area contributed by atoms with E-state index in [0.29, 0.717) is 16.4 Å². The number of rotatable bonds is 7. The molecule has 3 aromatic carbocycles. The van der Waals surface area contributed by atoms with E-state index in [-0.39, 0.29) is 21.2 Å². The molecule has 3 aromatic rings. The Balaban J connectivity index is 2.02. The molecule has 3 rings (SSSR count). The van der Waals surface area contributed by atoms with Gasteiger partial charge in [-0.2, -0.15) is 13.2 Å². The number of carbonyl (C=O) groups excluding carboxylic acids is 2. The van der Waals surface area contributed by atoms with Crippen LogP contribution in [0.1, 0.15) is 15.9 Å². The van der Waals surface area contributed by atoms with Gasteiger partial charge in [-0.15, -0.1) is 0 Å². The maximum absolute atomic E-state index is 13.4. The zero-order valence-electron chi connectivity index (χ0n) is 18.0. The van der Waals surface area contributed by atoms with Crippen LogP contribution < -0.4 is 9.62 Å². The van der Waals surface area contributed by atoms with Crippen LogP contribution in [0.5, 0.6) is 0 Å². The summed E-state index contributed by atoms with van der Waals surface area (Å²) in [7, 11) is -3.33. The van der Waals surface area contributed by atoms with Crippen molar-refractivity contribution in [2.24, 2.45) is 0 Å². The summed E-state index contributed by atoms with van der Waals surface area (Å²) in [6, 6.07) is 14.7. The van der Waals surface area contributed by atoms with Crippen LogP contribution in [-0.4, -0.2) is 33.9 Å². The van der Waals surface area contributed by atoms with Gasteiger partial charge in [0.15, 0.2) is 0 Å². The molecule has 0 unspecified atom stereocenters. The largest absolute Gasteiger partial charge is 0.465 e. The topological polar surface area (TPSA) is 92.8 Å². The molecule has 1 amide bonds. The van der Waals surface area contributed by atoms with E-state index < -0.39 is 45.9 Å². The highest BCUT2D eigenvalue weighted by molar-refractivity contribution is 7.92. The molecule has 0 bridgehead atoms. The van der Waals surface area contributed by atoms with E-state index in [1.165, 1.54) is 55.6 Å². The van der Waals surface area contributed by atoms with E-state index in [1.807, 2.05) is 0 Å². The molecule has 0 aliphatic carbocycles. The molecule has 0 radical (unpaired) electrons. The van der Waals surface area contributed by atoms with Crippen molar-refractivity contribution in [1.29, 1.82) is 0 Å². The maximum Gasteiger partial charge on any atom is 0.416 e. The van der Waals surface area contributed by atoms with Gasteiger partial charge in [-0.1, -0.05) is 35.9 Å². The van der Waals surface area contributed by atoms with Crippen molar-refractivity contribution in [2.45, 2.75) is 11.1 Å². The van der Waals surface area contributed by atoms with Crippen LogP contribution in [-0.2, 0) is 25.7 Å². The average Bonchev–Trinajstić information content (AvgIpc) is 2.82. The van der Waals surface area contributed by atoms with Crippen LogP contribution in [0.4, 0.5) is 24.5 Å². The van der Waals surface area contributed by atoms with Crippen LogP contribution in [0, 0.1) is 0 Å². The number of benzene rings is 3. The van der Waals surface area contributed by atoms with Crippen molar-refractivity contribution in [1.82, 2.24) is 0 Å². The average molecular weight is 527 g/mol. The van der Waals surface area contributed by atoms with Crippen molar-refractivity contribution in [3.8, 4) is 0 Å². The van der Waals surface area contributed by atoms with Gasteiger partial charge in [0.1, 0.15) is 6.54 Å². The number of esters is 1. The lowest BCUT2D eigenvalue weighted by Gasteiger charge is -2.26. The first-order valence-electron chi connectivity index (χ1n) is 9.86. The van der Waals surface area contributed by atoms with Crippen molar-refractivity contribution in [2.75, 3.05) is 23.3 Å². The Hall–Kier alpha value is -3.57. The predicted octanol–water partition coefficient (Wildman–Crippen LogP) is 4.98. The molecule has 0 saturated carbocycles. The van der Waals surface area contributed by atoms with E-state index in [0.717, 1.165) is 6.07 Å². The Morgan fingerprint density at radius 3 is 2.31 bits per heavy atom. The molecular weight excluding hydrogens is 509 g/mol. The van der Waals surface area contributed by atoms with Gasteiger partial charge < -0.3 is 10.1 Å². The number of sulfonamides is 1. The number of hydrogen-bond acceptors (Lipinski definition) is 5. The van der Waals surface area contributed by atoms with Crippen LogP contribution in [0.15, 0.2) is 77.7 Å². The van der Waals surface area contributed by atoms with E-state index in [2.05, 4.69) is 10.1 Å². The fourth-order valence-electron chi connectivity index (χ4n) is 3.07. The van der Waals surface area contributed by atoms with E-state index in [9.17, 15) is 31.2 Å². The van der Waals surface area contributed by atoms with E-state index >= 15 is 0 Å². The van der Waals surface area contributed by atoms with E-state index in [1.54, 1.807) is 6.07 Å². The Kier molecular flexibility index (Phi) is 7.71. The molecule has 0 aromatic heterocycles. The van der Waals surface area contributed by atoms with Crippen molar-refractivity contribution < 1.29 is 35.9 Å². The smallest absolute Gasteiger partial charge is 0.416 e.